The second-order valence-electron chi connectivity index (χ2n) is 7.25. The quantitative estimate of drug-likeness (QED) is 0.176. The molecule has 0 saturated carbocycles. The number of aromatic nitrogens is 4. The number of nitro groups is 1. The lowest BCUT2D eigenvalue weighted by Gasteiger charge is -2.14. The van der Waals surface area contributed by atoms with Gasteiger partial charge >= 0.3 is 5.69 Å². The van der Waals surface area contributed by atoms with E-state index >= 15 is 0 Å². The van der Waals surface area contributed by atoms with Crippen molar-refractivity contribution in [3.05, 3.63) is 103 Å². The molecule has 0 amide bonds. The molecular formula is C22H19N5O5S. The van der Waals surface area contributed by atoms with E-state index in [0.717, 1.165) is 5.56 Å². The Bertz CT molecular complexity index is 1400. The number of thioether (sulfide) groups is 1. The van der Waals surface area contributed by atoms with Crippen LogP contribution in [-0.2, 0) is 19.3 Å². The molecule has 4 aromatic rings. The molecule has 2 heterocycles. The molecule has 168 valence electrons. The fraction of sp³-hybridized carbons (Fsp3) is 0.182. The molecule has 2 aromatic carbocycles. The Morgan fingerprint density at radius 3 is 2.58 bits per heavy atom. The number of rotatable bonds is 7. The van der Waals surface area contributed by atoms with Crippen molar-refractivity contribution in [2.75, 3.05) is 0 Å². The molecule has 0 unspecified atom stereocenters. The monoisotopic (exact) mass is 465 g/mol. The van der Waals surface area contributed by atoms with Crippen LogP contribution in [0.3, 0.4) is 0 Å². The van der Waals surface area contributed by atoms with Gasteiger partial charge < -0.3 is 4.42 Å². The van der Waals surface area contributed by atoms with E-state index in [1.807, 2.05) is 30.3 Å². The smallest absolute Gasteiger partial charge is 0.331 e. The molecule has 0 fully saturated rings. The van der Waals surface area contributed by atoms with Gasteiger partial charge in [0.1, 0.15) is 0 Å². The molecule has 0 aliphatic rings. The summed E-state index contributed by atoms with van der Waals surface area (Å²) in [6, 6.07) is 15.2. The van der Waals surface area contributed by atoms with Crippen molar-refractivity contribution >= 4 is 17.4 Å². The number of nitro benzene ring substituents is 1. The molecule has 0 saturated heterocycles. The van der Waals surface area contributed by atoms with Crippen molar-refractivity contribution in [3.8, 4) is 11.5 Å². The van der Waals surface area contributed by atoms with E-state index < -0.39 is 10.6 Å². The van der Waals surface area contributed by atoms with Crippen LogP contribution in [0.1, 0.15) is 17.0 Å². The van der Waals surface area contributed by atoms with Crippen LogP contribution >= 0.6 is 11.8 Å². The molecule has 0 radical (unpaired) electrons. The van der Waals surface area contributed by atoms with E-state index in [-0.39, 0.29) is 35.3 Å². The molecule has 0 N–H and O–H groups in total. The van der Waals surface area contributed by atoms with Crippen LogP contribution in [0.5, 0.6) is 0 Å². The van der Waals surface area contributed by atoms with Crippen molar-refractivity contribution < 1.29 is 9.34 Å². The topological polar surface area (TPSA) is 126 Å². The third kappa shape index (κ3) is 4.62. The van der Waals surface area contributed by atoms with Crippen LogP contribution < -0.4 is 11.2 Å². The first-order chi connectivity index (χ1) is 15.8. The van der Waals surface area contributed by atoms with Gasteiger partial charge in [0.25, 0.3) is 11.2 Å². The average molecular weight is 465 g/mol. The van der Waals surface area contributed by atoms with E-state index in [1.54, 1.807) is 20.0 Å². The highest BCUT2D eigenvalue weighted by Crippen LogP contribution is 2.26. The summed E-state index contributed by atoms with van der Waals surface area (Å²) in [6.07, 6.45) is 0. The van der Waals surface area contributed by atoms with Gasteiger partial charge in [0.05, 0.1) is 22.2 Å². The Morgan fingerprint density at radius 1 is 1.09 bits per heavy atom. The molecule has 0 aliphatic carbocycles. The Kier molecular flexibility index (Phi) is 6.22. The lowest BCUT2D eigenvalue weighted by molar-refractivity contribution is -0.384. The number of hydrogen-bond donors (Lipinski definition) is 0. The largest absolute Gasteiger partial charge is 0.420 e. The highest BCUT2D eigenvalue weighted by Gasteiger charge is 2.17. The predicted molar refractivity (Wildman–Crippen MR) is 122 cm³/mol. The van der Waals surface area contributed by atoms with Crippen molar-refractivity contribution in [2.45, 2.75) is 24.2 Å². The molecule has 0 bridgehead atoms. The summed E-state index contributed by atoms with van der Waals surface area (Å²) in [5, 5.41) is 19.4. The van der Waals surface area contributed by atoms with E-state index in [9.17, 15) is 19.7 Å². The second-order valence-corrected chi connectivity index (χ2v) is 8.21. The van der Waals surface area contributed by atoms with Gasteiger partial charge in [-0.15, -0.1) is 10.2 Å². The number of non-ortho nitro benzene ring substituents is 1. The zero-order valence-corrected chi connectivity index (χ0v) is 18.6. The van der Waals surface area contributed by atoms with Crippen molar-refractivity contribution in [3.63, 3.8) is 0 Å². The molecule has 2 aromatic heterocycles. The van der Waals surface area contributed by atoms with Gasteiger partial charge in [0.15, 0.2) is 0 Å². The average Bonchev–Trinajstić information content (AvgIpc) is 3.30. The summed E-state index contributed by atoms with van der Waals surface area (Å²) in [4.78, 5) is 36.2. The minimum atomic E-state index is -0.500. The Balaban J connectivity index is 1.56. The lowest BCUT2D eigenvalue weighted by atomic mass is 10.2. The highest BCUT2D eigenvalue weighted by molar-refractivity contribution is 7.98. The molecule has 11 heteroatoms. The van der Waals surface area contributed by atoms with Gasteiger partial charge in [-0.1, -0.05) is 48.2 Å². The Hall–Kier alpha value is -3.99. The zero-order valence-electron chi connectivity index (χ0n) is 17.8. The first-order valence-corrected chi connectivity index (χ1v) is 10.9. The van der Waals surface area contributed by atoms with Gasteiger partial charge in [-0.3, -0.25) is 24.0 Å². The molecule has 4 rings (SSSR count). The third-order valence-corrected chi connectivity index (χ3v) is 6.24. The van der Waals surface area contributed by atoms with Crippen molar-refractivity contribution in [1.82, 2.24) is 19.3 Å². The van der Waals surface area contributed by atoms with Crippen LogP contribution in [0.15, 0.2) is 73.6 Å². The standard InChI is InChI=1S/C22H19N5O5S/c1-14-20(28)26(12-15-7-4-3-5-8-15)22(29)25(2)21(14)33-13-18-23-24-19(32-18)16-9-6-10-17(11-16)27(30)31/h3-11H,12-13H2,1-2H3. The lowest BCUT2D eigenvalue weighted by Crippen LogP contribution is -2.41. The van der Waals surface area contributed by atoms with Gasteiger partial charge in [0, 0.05) is 30.3 Å². The Morgan fingerprint density at radius 2 is 1.85 bits per heavy atom. The van der Waals surface area contributed by atoms with E-state index in [0.29, 0.717) is 16.2 Å². The van der Waals surface area contributed by atoms with Crippen LogP contribution in [0.2, 0.25) is 0 Å². The second kappa shape index (κ2) is 9.25. The highest BCUT2D eigenvalue weighted by atomic mass is 32.2. The van der Waals surface area contributed by atoms with Crippen LogP contribution in [0, 0.1) is 17.0 Å². The minimum Gasteiger partial charge on any atom is -0.420 e. The normalized spacial score (nSPS) is 11.0. The summed E-state index contributed by atoms with van der Waals surface area (Å²) in [6.45, 7) is 1.86. The van der Waals surface area contributed by atoms with Crippen molar-refractivity contribution in [1.29, 1.82) is 0 Å². The van der Waals surface area contributed by atoms with Crippen molar-refractivity contribution in [2.24, 2.45) is 7.05 Å². The molecule has 10 nitrogen and oxygen atoms in total. The fourth-order valence-electron chi connectivity index (χ4n) is 3.32. The van der Waals surface area contributed by atoms with Gasteiger partial charge in [-0.25, -0.2) is 4.79 Å². The Labute approximate surface area is 191 Å². The minimum absolute atomic E-state index is 0.0803. The maximum atomic E-state index is 12.9. The van der Waals surface area contributed by atoms with Gasteiger partial charge in [-0.2, -0.15) is 0 Å². The summed E-state index contributed by atoms with van der Waals surface area (Å²) >= 11 is 1.23. The van der Waals surface area contributed by atoms with Crippen LogP contribution in [0.25, 0.3) is 11.5 Å². The fourth-order valence-corrected chi connectivity index (χ4v) is 4.27. The molecule has 0 atom stereocenters. The molecule has 0 spiro atoms. The summed E-state index contributed by atoms with van der Waals surface area (Å²) in [7, 11) is 1.61. The summed E-state index contributed by atoms with van der Waals surface area (Å²) in [5.74, 6) is 0.637. The third-order valence-electron chi connectivity index (χ3n) is 5.00. The van der Waals surface area contributed by atoms with Crippen LogP contribution in [0.4, 0.5) is 5.69 Å². The van der Waals surface area contributed by atoms with E-state index in [1.165, 1.54) is 39.1 Å². The first-order valence-electron chi connectivity index (χ1n) is 9.89. The SMILES string of the molecule is Cc1c(SCc2nnc(-c3cccc([N+](=O)[O-])c3)o2)n(C)c(=O)n(Cc2ccccc2)c1=O. The predicted octanol–water partition coefficient (Wildman–Crippen LogP) is 3.15. The van der Waals surface area contributed by atoms with Gasteiger partial charge in [-0.05, 0) is 18.6 Å². The van der Waals surface area contributed by atoms with Crippen LogP contribution in [-0.4, -0.2) is 24.3 Å². The summed E-state index contributed by atoms with van der Waals surface area (Å²) < 4.78 is 8.28. The first kappa shape index (κ1) is 22.2. The van der Waals surface area contributed by atoms with E-state index in [2.05, 4.69) is 10.2 Å². The number of nitrogens with zero attached hydrogens (tertiary/aromatic N) is 5. The molecule has 0 aliphatic heterocycles. The maximum Gasteiger partial charge on any atom is 0.331 e. The van der Waals surface area contributed by atoms with E-state index in [4.69, 9.17) is 4.42 Å². The maximum absolute atomic E-state index is 12.9. The van der Waals surface area contributed by atoms with Gasteiger partial charge in [0.2, 0.25) is 11.8 Å². The summed E-state index contributed by atoms with van der Waals surface area (Å²) in [5.41, 5.74) is 0.878. The number of benzene rings is 2. The zero-order chi connectivity index (χ0) is 23.5. The molecule has 33 heavy (non-hydrogen) atoms. The number of hydrogen-bond acceptors (Lipinski definition) is 8. The molecular weight excluding hydrogens is 446 g/mol.